The Morgan fingerprint density at radius 3 is 2.70 bits per heavy atom. The van der Waals surface area contributed by atoms with Gasteiger partial charge in [-0.25, -0.2) is 23.8 Å². The number of nitrogens with zero attached hydrogens (tertiary/aromatic N) is 5. The van der Waals surface area contributed by atoms with Gasteiger partial charge in [0, 0.05) is 25.9 Å². The minimum absolute atomic E-state index is 0.0920. The lowest BCUT2D eigenvalue weighted by atomic mass is 10.1. The van der Waals surface area contributed by atoms with E-state index in [0.717, 1.165) is 5.56 Å². The molecule has 0 unspecified atom stereocenters. The second-order valence-electron chi connectivity index (χ2n) is 7.66. The van der Waals surface area contributed by atoms with Crippen molar-refractivity contribution in [2.45, 2.75) is 45.8 Å². The number of ether oxygens (including phenoxy) is 2. The fraction of sp³-hybridized carbons (Fsp3) is 0.429. The second-order valence-corrected chi connectivity index (χ2v) is 7.66. The van der Waals surface area contributed by atoms with E-state index in [1.54, 1.807) is 17.2 Å². The normalized spacial score (nSPS) is 15.0. The van der Waals surface area contributed by atoms with Gasteiger partial charge in [0.25, 0.3) is 0 Å². The van der Waals surface area contributed by atoms with Crippen LogP contribution in [-0.4, -0.2) is 56.0 Å². The van der Waals surface area contributed by atoms with Gasteiger partial charge in [0.2, 0.25) is 5.88 Å². The van der Waals surface area contributed by atoms with Crippen molar-refractivity contribution >= 4 is 17.1 Å². The molecule has 1 amide bonds. The molecule has 0 N–H and O–H groups in total. The summed E-state index contributed by atoms with van der Waals surface area (Å²) in [6, 6.07) is 4.95. The molecular weight excluding hydrogens is 389 g/mol. The zero-order chi connectivity index (χ0) is 21.3. The summed E-state index contributed by atoms with van der Waals surface area (Å²) in [6.07, 6.45) is 3.77. The maximum absolute atomic E-state index is 14.4. The minimum atomic E-state index is -0.373. The molecule has 1 fully saturated rings. The number of aryl methyl sites for hydroxylation is 1. The molecule has 1 aliphatic rings. The van der Waals surface area contributed by atoms with Gasteiger partial charge in [-0.1, -0.05) is 6.07 Å². The lowest BCUT2D eigenvalue weighted by Crippen LogP contribution is -2.42. The van der Waals surface area contributed by atoms with Gasteiger partial charge in [-0.05, 0) is 38.5 Å². The Hall–Kier alpha value is -3.23. The van der Waals surface area contributed by atoms with Crippen LogP contribution in [0.15, 0.2) is 30.7 Å². The number of carbonyl (C=O) groups excluding carboxylic acids is 1. The third kappa shape index (κ3) is 4.05. The Morgan fingerprint density at radius 1 is 1.23 bits per heavy atom. The Morgan fingerprint density at radius 2 is 2.00 bits per heavy atom. The van der Waals surface area contributed by atoms with Crippen molar-refractivity contribution in [2.24, 2.45) is 0 Å². The van der Waals surface area contributed by atoms with Crippen LogP contribution in [0.4, 0.5) is 9.18 Å². The molecule has 0 bridgehead atoms. The number of aromatic nitrogens is 4. The number of piperidine rings is 1. The Kier molecular flexibility index (Phi) is 5.52. The summed E-state index contributed by atoms with van der Waals surface area (Å²) in [4.78, 5) is 22.2. The van der Waals surface area contributed by atoms with Crippen molar-refractivity contribution in [3.63, 3.8) is 0 Å². The SMILES string of the molecule is Cc1ccc(-n2ncc3c(OC4CCN(C(=O)OC(C)C)CC4)ncnc32)c(F)c1. The van der Waals surface area contributed by atoms with Crippen molar-refractivity contribution in [1.29, 1.82) is 0 Å². The van der Waals surface area contributed by atoms with Crippen molar-refractivity contribution in [2.75, 3.05) is 13.1 Å². The van der Waals surface area contributed by atoms with Gasteiger partial charge >= 0.3 is 6.09 Å². The predicted octanol–water partition coefficient (Wildman–Crippen LogP) is 3.65. The van der Waals surface area contributed by atoms with Crippen molar-refractivity contribution < 1.29 is 18.7 Å². The van der Waals surface area contributed by atoms with Crippen LogP contribution in [0.1, 0.15) is 32.3 Å². The predicted molar refractivity (Wildman–Crippen MR) is 108 cm³/mol. The number of carbonyl (C=O) groups is 1. The van der Waals surface area contributed by atoms with E-state index in [1.807, 2.05) is 26.8 Å². The van der Waals surface area contributed by atoms with E-state index < -0.39 is 0 Å². The smallest absolute Gasteiger partial charge is 0.410 e. The Bertz CT molecular complexity index is 1060. The number of benzene rings is 1. The maximum atomic E-state index is 14.4. The lowest BCUT2D eigenvalue weighted by molar-refractivity contribution is 0.0511. The zero-order valence-corrected chi connectivity index (χ0v) is 17.2. The molecule has 0 atom stereocenters. The van der Waals surface area contributed by atoms with Crippen LogP contribution in [0.2, 0.25) is 0 Å². The molecule has 1 saturated heterocycles. The van der Waals surface area contributed by atoms with Crippen LogP contribution < -0.4 is 4.74 Å². The van der Waals surface area contributed by atoms with Crippen LogP contribution in [0.25, 0.3) is 16.7 Å². The highest BCUT2D eigenvalue weighted by Gasteiger charge is 2.26. The molecule has 2 aromatic heterocycles. The molecule has 3 heterocycles. The molecule has 1 aliphatic heterocycles. The van der Waals surface area contributed by atoms with Gasteiger partial charge < -0.3 is 14.4 Å². The third-order valence-electron chi connectivity index (χ3n) is 4.98. The molecule has 1 aromatic carbocycles. The van der Waals surface area contributed by atoms with Crippen LogP contribution in [0.5, 0.6) is 5.88 Å². The van der Waals surface area contributed by atoms with Crippen LogP contribution in [0.3, 0.4) is 0 Å². The number of amides is 1. The summed E-state index contributed by atoms with van der Waals surface area (Å²) in [5, 5.41) is 4.91. The molecule has 30 heavy (non-hydrogen) atoms. The van der Waals surface area contributed by atoms with E-state index in [-0.39, 0.29) is 24.1 Å². The van der Waals surface area contributed by atoms with Crippen molar-refractivity contribution in [1.82, 2.24) is 24.6 Å². The number of hydrogen-bond donors (Lipinski definition) is 0. The van der Waals surface area contributed by atoms with E-state index in [0.29, 0.717) is 48.5 Å². The van der Waals surface area contributed by atoms with Gasteiger partial charge in [0.1, 0.15) is 29.3 Å². The summed E-state index contributed by atoms with van der Waals surface area (Å²) in [6.45, 7) is 6.60. The molecule has 8 nitrogen and oxygen atoms in total. The summed E-state index contributed by atoms with van der Waals surface area (Å²) < 4.78 is 27.2. The summed E-state index contributed by atoms with van der Waals surface area (Å²) in [5.41, 5.74) is 1.62. The first-order valence-electron chi connectivity index (χ1n) is 10.00. The van der Waals surface area contributed by atoms with E-state index >= 15 is 0 Å². The standard InChI is InChI=1S/C21H24FN5O3/c1-13(2)29-21(28)26-8-6-15(7-9-26)30-20-16-11-25-27(19(16)23-12-24-20)18-5-4-14(3)10-17(18)22/h4-5,10-13,15H,6-9H2,1-3H3. The number of halogens is 1. The number of likely N-dealkylation sites (tertiary alicyclic amines) is 1. The minimum Gasteiger partial charge on any atom is -0.474 e. The molecule has 0 radical (unpaired) electrons. The van der Waals surface area contributed by atoms with Crippen LogP contribution in [0, 0.1) is 12.7 Å². The second kappa shape index (κ2) is 8.25. The fourth-order valence-corrected chi connectivity index (χ4v) is 3.47. The van der Waals surface area contributed by atoms with E-state index in [1.165, 1.54) is 17.1 Å². The summed E-state index contributed by atoms with van der Waals surface area (Å²) >= 11 is 0. The highest BCUT2D eigenvalue weighted by atomic mass is 19.1. The first-order chi connectivity index (χ1) is 14.4. The Labute approximate surface area is 173 Å². The van der Waals surface area contributed by atoms with Crippen molar-refractivity contribution in [3.8, 4) is 11.6 Å². The number of hydrogen-bond acceptors (Lipinski definition) is 6. The first kappa shape index (κ1) is 20.1. The molecule has 0 aliphatic carbocycles. The van der Waals surface area contributed by atoms with E-state index in [2.05, 4.69) is 15.1 Å². The van der Waals surface area contributed by atoms with E-state index in [9.17, 15) is 9.18 Å². The topological polar surface area (TPSA) is 82.4 Å². The molecular formula is C21H24FN5O3. The zero-order valence-electron chi connectivity index (χ0n) is 17.2. The van der Waals surface area contributed by atoms with Crippen LogP contribution >= 0.6 is 0 Å². The summed E-state index contributed by atoms with van der Waals surface area (Å²) in [5.74, 6) is 0.0312. The van der Waals surface area contributed by atoms with Gasteiger partial charge in [-0.15, -0.1) is 0 Å². The average Bonchev–Trinajstić information content (AvgIpc) is 3.13. The largest absolute Gasteiger partial charge is 0.474 e. The first-order valence-corrected chi connectivity index (χ1v) is 10.00. The molecule has 9 heteroatoms. The van der Waals surface area contributed by atoms with E-state index in [4.69, 9.17) is 9.47 Å². The van der Waals surface area contributed by atoms with Crippen molar-refractivity contribution in [3.05, 3.63) is 42.1 Å². The van der Waals surface area contributed by atoms with Gasteiger partial charge in [-0.3, -0.25) is 0 Å². The highest BCUT2D eigenvalue weighted by molar-refractivity contribution is 5.81. The molecule has 0 spiro atoms. The van der Waals surface area contributed by atoms with Crippen LogP contribution in [-0.2, 0) is 4.74 Å². The number of rotatable bonds is 4. The average molecular weight is 413 g/mol. The molecule has 4 rings (SSSR count). The summed E-state index contributed by atoms with van der Waals surface area (Å²) in [7, 11) is 0. The molecule has 158 valence electrons. The Balaban J connectivity index is 1.50. The van der Waals surface area contributed by atoms with Gasteiger partial charge in [0.15, 0.2) is 5.65 Å². The monoisotopic (exact) mass is 413 g/mol. The van der Waals surface area contributed by atoms with Gasteiger partial charge in [-0.2, -0.15) is 5.10 Å². The quantitative estimate of drug-likeness (QED) is 0.649. The third-order valence-corrected chi connectivity index (χ3v) is 4.98. The fourth-order valence-electron chi connectivity index (χ4n) is 3.47. The molecule has 3 aromatic rings. The maximum Gasteiger partial charge on any atom is 0.410 e. The lowest BCUT2D eigenvalue weighted by Gasteiger charge is -2.31. The molecule has 0 saturated carbocycles. The van der Waals surface area contributed by atoms with Gasteiger partial charge in [0.05, 0.1) is 12.3 Å². The number of fused-ring (bicyclic) bond motifs is 1. The highest BCUT2D eigenvalue weighted by Crippen LogP contribution is 2.27.